The Morgan fingerprint density at radius 1 is 1.14 bits per heavy atom. The molecule has 3 N–H and O–H groups in total. The predicted octanol–water partition coefficient (Wildman–Crippen LogP) is 4.09. The average Bonchev–Trinajstić information content (AvgIpc) is 3.13. The first-order chi connectivity index (χ1) is 17.5. The Morgan fingerprint density at radius 3 is 2.46 bits per heavy atom. The van der Waals surface area contributed by atoms with Crippen LogP contribution in [-0.4, -0.2) is 43.9 Å². The van der Waals surface area contributed by atoms with Crippen molar-refractivity contribution in [3.05, 3.63) is 70.8 Å². The number of aryl methyl sites for hydroxylation is 1. The van der Waals surface area contributed by atoms with Crippen LogP contribution in [0.15, 0.2) is 42.6 Å². The number of benzene rings is 1. The Labute approximate surface area is 214 Å². The lowest BCUT2D eigenvalue weighted by molar-refractivity contribution is -0.119. The van der Waals surface area contributed by atoms with Crippen LogP contribution in [-0.2, 0) is 11.8 Å². The fourth-order valence-corrected chi connectivity index (χ4v) is 4.95. The van der Waals surface area contributed by atoms with Crippen molar-refractivity contribution in [2.24, 2.45) is 7.05 Å². The predicted molar refractivity (Wildman–Crippen MR) is 138 cm³/mol. The Hall–Kier alpha value is -3.85. The van der Waals surface area contributed by atoms with Crippen LogP contribution in [0, 0.1) is 19.7 Å². The van der Waals surface area contributed by atoms with E-state index >= 15 is 0 Å². The van der Waals surface area contributed by atoms with Gasteiger partial charge in [-0.05, 0) is 87.9 Å². The number of anilines is 1. The van der Waals surface area contributed by atoms with E-state index in [1.807, 2.05) is 6.92 Å². The molecule has 0 bridgehead atoms. The highest BCUT2D eigenvalue weighted by molar-refractivity contribution is 6.43. The second-order valence-corrected chi connectivity index (χ2v) is 9.96. The number of hydrogen-bond donors (Lipinski definition) is 3. The smallest absolute Gasteiger partial charge is 0.294 e. The molecule has 0 saturated heterocycles. The third kappa shape index (κ3) is 5.32. The Balaban J connectivity index is 1.72. The first-order valence-electron chi connectivity index (χ1n) is 12.2. The minimum atomic E-state index is -0.767. The number of Topliss-reactive ketones (excluding diaryl/α,β-unsaturated/α-hetero) is 1. The number of aliphatic hydroxyl groups is 1. The number of carbonyl (C=O) groups excluding carboxylic acids is 3. The number of halogens is 1. The van der Waals surface area contributed by atoms with E-state index in [-0.39, 0.29) is 17.1 Å². The second-order valence-electron chi connectivity index (χ2n) is 9.96. The number of aromatic nitrogens is 2. The minimum absolute atomic E-state index is 0.0815. The zero-order chi connectivity index (χ0) is 26.9. The molecule has 2 heterocycles. The Kier molecular flexibility index (Phi) is 7.27. The summed E-state index contributed by atoms with van der Waals surface area (Å²) in [5.41, 5.74) is 1.64. The third-order valence-corrected chi connectivity index (χ3v) is 7.08. The van der Waals surface area contributed by atoms with Gasteiger partial charge in [-0.25, -0.2) is 4.39 Å². The van der Waals surface area contributed by atoms with E-state index in [0.717, 1.165) is 0 Å². The van der Waals surface area contributed by atoms with Gasteiger partial charge in [-0.3, -0.25) is 19.4 Å². The van der Waals surface area contributed by atoms with Gasteiger partial charge in [0.05, 0.1) is 28.7 Å². The molecule has 0 spiro atoms. The lowest BCUT2D eigenvalue weighted by atomic mass is 9.82. The van der Waals surface area contributed by atoms with Crippen LogP contribution in [0.25, 0.3) is 11.4 Å². The van der Waals surface area contributed by atoms with Crippen LogP contribution in [0.2, 0.25) is 0 Å². The van der Waals surface area contributed by atoms with Gasteiger partial charge in [0.15, 0.2) is 0 Å². The summed E-state index contributed by atoms with van der Waals surface area (Å²) < 4.78 is 15.3. The van der Waals surface area contributed by atoms with E-state index in [1.165, 1.54) is 22.8 Å². The summed E-state index contributed by atoms with van der Waals surface area (Å²) in [5, 5.41) is 15.5. The number of nitrogens with one attached hydrogen (secondary N) is 2. The standard InChI is InChI=1S/C28H31FN4O4/c1-16-15-18(8-9-20(16)29)31-26(36)22-17(2)23(33(4)24(22)21-7-5-6-14-30-21)25(35)27(37)32-28(3)12-10-19(34)11-13-28/h5-9,14-15,19,34H,10-13H2,1-4H3,(H,31,36)(H,32,37). The van der Waals surface area contributed by atoms with Gasteiger partial charge < -0.3 is 20.3 Å². The molecule has 1 saturated carbocycles. The minimum Gasteiger partial charge on any atom is -0.393 e. The van der Waals surface area contributed by atoms with Crippen molar-refractivity contribution in [1.82, 2.24) is 14.9 Å². The maximum atomic E-state index is 13.7. The molecule has 37 heavy (non-hydrogen) atoms. The average molecular weight is 507 g/mol. The molecular weight excluding hydrogens is 475 g/mol. The molecule has 4 rings (SSSR count). The van der Waals surface area contributed by atoms with Crippen LogP contribution in [0.5, 0.6) is 0 Å². The zero-order valence-electron chi connectivity index (χ0n) is 21.4. The molecule has 0 unspecified atom stereocenters. The number of rotatable bonds is 6. The molecule has 1 fully saturated rings. The van der Waals surface area contributed by atoms with Gasteiger partial charge in [0, 0.05) is 24.5 Å². The van der Waals surface area contributed by atoms with Crippen LogP contribution in [0.3, 0.4) is 0 Å². The van der Waals surface area contributed by atoms with Gasteiger partial charge in [0.1, 0.15) is 5.82 Å². The lowest BCUT2D eigenvalue weighted by Crippen LogP contribution is -2.51. The summed E-state index contributed by atoms with van der Waals surface area (Å²) >= 11 is 0. The first kappa shape index (κ1) is 26.2. The van der Waals surface area contributed by atoms with Crippen molar-refractivity contribution in [2.45, 2.75) is 58.1 Å². The lowest BCUT2D eigenvalue weighted by Gasteiger charge is -2.36. The van der Waals surface area contributed by atoms with Crippen molar-refractivity contribution in [3.8, 4) is 11.4 Å². The van der Waals surface area contributed by atoms with Gasteiger partial charge >= 0.3 is 0 Å². The molecular formula is C28H31FN4O4. The summed E-state index contributed by atoms with van der Waals surface area (Å²) in [5.74, 6) is -2.42. The molecule has 1 aromatic carbocycles. The van der Waals surface area contributed by atoms with Gasteiger partial charge in [-0.2, -0.15) is 0 Å². The van der Waals surface area contributed by atoms with Gasteiger partial charge in [-0.15, -0.1) is 0 Å². The molecule has 0 atom stereocenters. The highest BCUT2D eigenvalue weighted by Crippen LogP contribution is 2.32. The van der Waals surface area contributed by atoms with Crippen molar-refractivity contribution >= 4 is 23.3 Å². The van der Waals surface area contributed by atoms with Crippen molar-refractivity contribution in [1.29, 1.82) is 0 Å². The van der Waals surface area contributed by atoms with E-state index in [2.05, 4.69) is 15.6 Å². The number of aliphatic hydroxyl groups excluding tert-OH is 1. The van der Waals surface area contributed by atoms with Crippen molar-refractivity contribution < 1.29 is 23.9 Å². The molecule has 1 aliphatic carbocycles. The summed E-state index contributed by atoms with van der Waals surface area (Å²) in [7, 11) is 1.62. The van der Waals surface area contributed by atoms with E-state index in [1.54, 1.807) is 45.3 Å². The Bertz CT molecular complexity index is 1360. The highest BCUT2D eigenvalue weighted by Gasteiger charge is 2.36. The molecule has 8 nitrogen and oxygen atoms in total. The number of pyridine rings is 1. The van der Waals surface area contributed by atoms with E-state index in [0.29, 0.717) is 53.9 Å². The molecule has 2 aromatic heterocycles. The maximum Gasteiger partial charge on any atom is 0.294 e. The van der Waals surface area contributed by atoms with E-state index in [4.69, 9.17) is 0 Å². The van der Waals surface area contributed by atoms with Crippen LogP contribution < -0.4 is 10.6 Å². The van der Waals surface area contributed by atoms with Gasteiger partial charge in [-0.1, -0.05) is 6.07 Å². The van der Waals surface area contributed by atoms with Gasteiger partial charge in [0.25, 0.3) is 17.6 Å². The third-order valence-electron chi connectivity index (χ3n) is 7.08. The van der Waals surface area contributed by atoms with Gasteiger partial charge in [0.2, 0.25) is 0 Å². The normalized spacial score (nSPS) is 19.4. The van der Waals surface area contributed by atoms with E-state index in [9.17, 15) is 23.9 Å². The fraction of sp³-hybridized carbons (Fsp3) is 0.357. The number of ketones is 1. The molecule has 0 aliphatic heterocycles. The molecule has 3 aromatic rings. The summed E-state index contributed by atoms with van der Waals surface area (Å²) in [6.07, 6.45) is 3.39. The van der Waals surface area contributed by atoms with Crippen LogP contribution in [0.1, 0.15) is 64.6 Å². The van der Waals surface area contributed by atoms with Crippen molar-refractivity contribution in [2.75, 3.05) is 5.32 Å². The Morgan fingerprint density at radius 2 is 1.84 bits per heavy atom. The monoisotopic (exact) mass is 506 g/mol. The molecule has 194 valence electrons. The van der Waals surface area contributed by atoms with Crippen molar-refractivity contribution in [3.63, 3.8) is 0 Å². The van der Waals surface area contributed by atoms with Crippen LogP contribution >= 0.6 is 0 Å². The largest absolute Gasteiger partial charge is 0.393 e. The summed E-state index contributed by atoms with van der Waals surface area (Å²) in [6, 6.07) is 9.47. The number of hydrogen-bond acceptors (Lipinski definition) is 5. The molecule has 0 radical (unpaired) electrons. The molecule has 9 heteroatoms. The quantitative estimate of drug-likeness (QED) is 0.344. The fourth-order valence-electron chi connectivity index (χ4n) is 4.95. The second kappa shape index (κ2) is 10.3. The SMILES string of the molecule is Cc1cc(NC(=O)c2c(C)c(C(=O)C(=O)NC3(C)CCC(O)CC3)n(C)c2-c2ccccn2)ccc1F. The maximum absolute atomic E-state index is 13.7. The van der Waals surface area contributed by atoms with E-state index < -0.39 is 29.2 Å². The van der Waals surface area contributed by atoms with Crippen LogP contribution in [0.4, 0.5) is 10.1 Å². The molecule has 1 aliphatic rings. The summed E-state index contributed by atoms with van der Waals surface area (Å²) in [6.45, 7) is 5.09. The highest BCUT2D eigenvalue weighted by atomic mass is 19.1. The molecule has 2 amide bonds. The summed E-state index contributed by atoms with van der Waals surface area (Å²) in [4.78, 5) is 44.4. The topological polar surface area (TPSA) is 113 Å². The number of amides is 2. The zero-order valence-corrected chi connectivity index (χ0v) is 21.4. The first-order valence-corrected chi connectivity index (χ1v) is 12.2. The number of nitrogens with zero attached hydrogens (tertiary/aromatic N) is 2. The number of carbonyl (C=O) groups is 3.